The zero-order chi connectivity index (χ0) is 8.77. The summed E-state index contributed by atoms with van der Waals surface area (Å²) >= 11 is 0. The molecular weight excluding hydrogens is 156 g/mol. The summed E-state index contributed by atoms with van der Waals surface area (Å²) in [7, 11) is 0. The number of hydrogen-bond donors (Lipinski definition) is 2. The van der Waals surface area contributed by atoms with Gasteiger partial charge >= 0.3 is 5.97 Å². The lowest BCUT2D eigenvalue weighted by atomic mass is 9.75. The van der Waals surface area contributed by atoms with Crippen LogP contribution in [0.5, 0.6) is 0 Å². The van der Waals surface area contributed by atoms with E-state index in [1.807, 2.05) is 0 Å². The standard InChI is InChI=1S/C9H14O3/c10-7(6-2-1-3-6)9(4-5-9)8(11)12/h6-7,10H,1-5H2,(H,11,12). The fourth-order valence-corrected chi connectivity index (χ4v) is 1.98. The highest BCUT2D eigenvalue weighted by Gasteiger charge is 2.58. The van der Waals surface area contributed by atoms with Crippen molar-refractivity contribution in [2.75, 3.05) is 0 Å². The third-order valence-electron chi connectivity index (χ3n) is 3.38. The SMILES string of the molecule is O=C(O)C1(C(O)C2CCC2)CC1. The molecule has 1 unspecified atom stereocenters. The van der Waals surface area contributed by atoms with Crippen molar-refractivity contribution in [3.63, 3.8) is 0 Å². The Morgan fingerprint density at radius 3 is 2.25 bits per heavy atom. The third-order valence-corrected chi connectivity index (χ3v) is 3.38. The van der Waals surface area contributed by atoms with Crippen molar-refractivity contribution in [2.24, 2.45) is 11.3 Å². The van der Waals surface area contributed by atoms with Crippen LogP contribution in [-0.2, 0) is 4.79 Å². The lowest BCUT2D eigenvalue weighted by Crippen LogP contribution is -2.39. The molecule has 0 heterocycles. The summed E-state index contributed by atoms with van der Waals surface area (Å²) in [6.45, 7) is 0. The van der Waals surface area contributed by atoms with Gasteiger partial charge in [0.15, 0.2) is 0 Å². The minimum atomic E-state index is -0.804. The molecule has 2 N–H and O–H groups in total. The van der Waals surface area contributed by atoms with Gasteiger partial charge in [-0.3, -0.25) is 4.79 Å². The first kappa shape index (κ1) is 8.05. The predicted octanol–water partition coefficient (Wildman–Crippen LogP) is 1.01. The summed E-state index contributed by atoms with van der Waals surface area (Å²) in [6, 6.07) is 0. The normalized spacial score (nSPS) is 29.1. The van der Waals surface area contributed by atoms with Gasteiger partial charge in [0.05, 0.1) is 11.5 Å². The van der Waals surface area contributed by atoms with Crippen LogP contribution in [0.2, 0.25) is 0 Å². The van der Waals surface area contributed by atoms with Crippen molar-refractivity contribution in [1.82, 2.24) is 0 Å². The topological polar surface area (TPSA) is 57.5 Å². The van der Waals surface area contributed by atoms with Gasteiger partial charge in [0, 0.05) is 0 Å². The Hall–Kier alpha value is -0.570. The second-order valence-corrected chi connectivity index (χ2v) is 4.10. The van der Waals surface area contributed by atoms with Gasteiger partial charge in [0.2, 0.25) is 0 Å². The molecule has 0 amide bonds. The molecule has 0 spiro atoms. The molecule has 2 aliphatic carbocycles. The summed E-state index contributed by atoms with van der Waals surface area (Å²) in [5.41, 5.74) is -0.745. The Kier molecular flexibility index (Phi) is 1.65. The molecule has 0 aromatic rings. The van der Waals surface area contributed by atoms with Gasteiger partial charge in [-0.15, -0.1) is 0 Å². The van der Waals surface area contributed by atoms with Crippen molar-refractivity contribution in [1.29, 1.82) is 0 Å². The highest BCUT2D eigenvalue weighted by molar-refractivity contribution is 5.78. The predicted molar refractivity (Wildman–Crippen MR) is 42.7 cm³/mol. The summed E-state index contributed by atoms with van der Waals surface area (Å²) in [5.74, 6) is -0.537. The summed E-state index contributed by atoms with van der Waals surface area (Å²) in [6.07, 6.45) is 3.92. The summed E-state index contributed by atoms with van der Waals surface area (Å²) in [5, 5.41) is 18.6. The van der Waals surface area contributed by atoms with Crippen LogP contribution in [-0.4, -0.2) is 22.3 Å². The smallest absolute Gasteiger partial charge is 0.312 e. The fourth-order valence-electron chi connectivity index (χ4n) is 1.98. The molecule has 2 aliphatic rings. The first-order valence-corrected chi connectivity index (χ1v) is 4.58. The van der Waals surface area contributed by atoms with E-state index in [4.69, 9.17) is 5.11 Å². The molecule has 2 rings (SSSR count). The number of aliphatic carboxylic acids is 1. The van der Waals surface area contributed by atoms with Gasteiger partial charge in [-0.25, -0.2) is 0 Å². The van der Waals surface area contributed by atoms with Crippen molar-refractivity contribution in [2.45, 2.75) is 38.2 Å². The van der Waals surface area contributed by atoms with Crippen LogP contribution < -0.4 is 0 Å². The quantitative estimate of drug-likeness (QED) is 0.664. The van der Waals surface area contributed by atoms with Crippen LogP contribution in [0.4, 0.5) is 0 Å². The molecular formula is C9H14O3. The zero-order valence-electron chi connectivity index (χ0n) is 6.99. The molecule has 3 nitrogen and oxygen atoms in total. The van der Waals surface area contributed by atoms with E-state index in [1.165, 1.54) is 0 Å². The van der Waals surface area contributed by atoms with Crippen LogP contribution in [0.1, 0.15) is 32.1 Å². The van der Waals surface area contributed by atoms with E-state index >= 15 is 0 Å². The Balaban J connectivity index is 2.02. The van der Waals surface area contributed by atoms with Crippen LogP contribution in [0.15, 0.2) is 0 Å². The summed E-state index contributed by atoms with van der Waals surface area (Å²) in [4.78, 5) is 10.8. The van der Waals surface area contributed by atoms with E-state index in [1.54, 1.807) is 0 Å². The van der Waals surface area contributed by atoms with Crippen molar-refractivity contribution in [3.8, 4) is 0 Å². The molecule has 68 valence electrons. The van der Waals surface area contributed by atoms with E-state index in [2.05, 4.69) is 0 Å². The third kappa shape index (κ3) is 0.959. The fraction of sp³-hybridized carbons (Fsp3) is 0.889. The number of aliphatic hydroxyl groups is 1. The molecule has 2 saturated carbocycles. The Bertz CT molecular complexity index is 204. The lowest BCUT2D eigenvalue weighted by molar-refractivity contribution is -0.151. The van der Waals surface area contributed by atoms with E-state index < -0.39 is 17.5 Å². The van der Waals surface area contributed by atoms with Gasteiger partial charge in [-0.1, -0.05) is 6.42 Å². The molecule has 0 aliphatic heterocycles. The van der Waals surface area contributed by atoms with Gasteiger partial charge < -0.3 is 10.2 Å². The van der Waals surface area contributed by atoms with Gasteiger partial charge in [0.25, 0.3) is 0 Å². The average Bonchev–Trinajstić information content (AvgIpc) is 2.60. The van der Waals surface area contributed by atoms with Crippen LogP contribution in [0, 0.1) is 11.3 Å². The van der Waals surface area contributed by atoms with Crippen molar-refractivity contribution in [3.05, 3.63) is 0 Å². The maximum atomic E-state index is 10.8. The van der Waals surface area contributed by atoms with Crippen LogP contribution in [0.3, 0.4) is 0 Å². The molecule has 12 heavy (non-hydrogen) atoms. The minimum Gasteiger partial charge on any atom is -0.481 e. The maximum Gasteiger partial charge on any atom is 0.312 e. The second kappa shape index (κ2) is 2.46. The Morgan fingerprint density at radius 2 is 2.00 bits per heavy atom. The number of rotatable bonds is 3. The zero-order valence-corrected chi connectivity index (χ0v) is 6.99. The van der Waals surface area contributed by atoms with Crippen molar-refractivity contribution >= 4 is 5.97 Å². The molecule has 3 heteroatoms. The maximum absolute atomic E-state index is 10.8. The molecule has 0 aromatic heterocycles. The minimum absolute atomic E-state index is 0.267. The molecule has 2 fully saturated rings. The number of carboxylic acid groups (broad SMARTS) is 1. The first-order valence-electron chi connectivity index (χ1n) is 4.58. The van der Waals surface area contributed by atoms with E-state index in [0.29, 0.717) is 12.8 Å². The number of hydrogen-bond acceptors (Lipinski definition) is 2. The van der Waals surface area contributed by atoms with Crippen LogP contribution in [0.25, 0.3) is 0 Å². The molecule has 1 atom stereocenters. The van der Waals surface area contributed by atoms with E-state index in [0.717, 1.165) is 19.3 Å². The molecule has 0 radical (unpaired) electrons. The van der Waals surface area contributed by atoms with Crippen LogP contribution >= 0.6 is 0 Å². The van der Waals surface area contributed by atoms with E-state index in [9.17, 15) is 9.90 Å². The van der Waals surface area contributed by atoms with Gasteiger partial charge in [0.1, 0.15) is 0 Å². The first-order chi connectivity index (χ1) is 5.67. The highest BCUT2D eigenvalue weighted by atomic mass is 16.4. The monoisotopic (exact) mass is 170 g/mol. The molecule has 0 bridgehead atoms. The second-order valence-electron chi connectivity index (χ2n) is 4.10. The Morgan fingerprint density at radius 1 is 1.42 bits per heavy atom. The Labute approximate surface area is 71.4 Å². The van der Waals surface area contributed by atoms with Gasteiger partial charge in [-0.05, 0) is 31.6 Å². The van der Waals surface area contributed by atoms with Crippen molar-refractivity contribution < 1.29 is 15.0 Å². The molecule has 0 saturated heterocycles. The van der Waals surface area contributed by atoms with E-state index in [-0.39, 0.29) is 5.92 Å². The molecule has 0 aromatic carbocycles. The van der Waals surface area contributed by atoms with Gasteiger partial charge in [-0.2, -0.15) is 0 Å². The highest BCUT2D eigenvalue weighted by Crippen LogP contribution is 2.53. The number of carbonyl (C=O) groups is 1. The largest absolute Gasteiger partial charge is 0.481 e. The summed E-state index contributed by atoms with van der Waals surface area (Å²) < 4.78 is 0. The number of carboxylic acids is 1. The average molecular weight is 170 g/mol. The number of aliphatic hydroxyl groups excluding tert-OH is 1. The lowest BCUT2D eigenvalue weighted by Gasteiger charge is -2.33.